The lowest BCUT2D eigenvalue weighted by molar-refractivity contribution is -0.146. The lowest BCUT2D eigenvalue weighted by Crippen LogP contribution is -2.45. The van der Waals surface area contributed by atoms with Gasteiger partial charge in [0.2, 0.25) is 11.8 Å². The Balaban J connectivity index is 2.47. The normalized spacial score (nSPS) is 25.5. The van der Waals surface area contributed by atoms with Gasteiger partial charge in [0.15, 0.2) is 0 Å². The second-order valence-electron chi connectivity index (χ2n) is 6.32. The van der Waals surface area contributed by atoms with Crippen LogP contribution in [0.1, 0.15) is 38.5 Å². The third-order valence-electron chi connectivity index (χ3n) is 4.57. The number of carboxylic acid groups (broad SMARTS) is 1. The van der Waals surface area contributed by atoms with E-state index in [2.05, 4.69) is 5.32 Å². The Labute approximate surface area is 138 Å². The summed E-state index contributed by atoms with van der Waals surface area (Å²) in [5.41, 5.74) is 10.7. The fourth-order valence-electron chi connectivity index (χ4n) is 3.16. The van der Waals surface area contributed by atoms with Crippen LogP contribution in [0.2, 0.25) is 6.32 Å². The molecule has 0 aliphatic heterocycles. The van der Waals surface area contributed by atoms with E-state index in [0.717, 1.165) is 19.3 Å². The fraction of sp³-hybridized carbons (Fsp3) is 0.800. The molecule has 23 heavy (non-hydrogen) atoms. The van der Waals surface area contributed by atoms with Crippen LogP contribution in [0.3, 0.4) is 0 Å². The Hall–Kier alpha value is -1.57. The molecule has 1 aliphatic rings. The molecule has 0 unspecified atom stereocenters. The number of aliphatic carboxylic acids is 1. The van der Waals surface area contributed by atoms with Crippen LogP contribution in [0.5, 0.6) is 0 Å². The van der Waals surface area contributed by atoms with Gasteiger partial charge in [0.25, 0.3) is 0 Å². The molecule has 2 amide bonds. The molecule has 128 valence electrons. The molecule has 0 saturated heterocycles. The van der Waals surface area contributed by atoms with Crippen LogP contribution in [0.15, 0.2) is 0 Å². The molecule has 0 aromatic heterocycles. The average Bonchev–Trinajstić information content (AvgIpc) is 2.50. The maximum absolute atomic E-state index is 11.9. The molecule has 6 N–H and O–H groups in total. The van der Waals surface area contributed by atoms with E-state index in [1.54, 1.807) is 0 Å². The largest absolute Gasteiger partial charge is 0.481 e. The van der Waals surface area contributed by atoms with Crippen LogP contribution >= 0.6 is 0 Å². The van der Waals surface area contributed by atoms with Crippen molar-refractivity contribution in [3.8, 4) is 0 Å². The van der Waals surface area contributed by atoms with E-state index in [1.165, 1.54) is 0 Å². The quantitative estimate of drug-likeness (QED) is 0.435. The minimum absolute atomic E-state index is 0.0521. The Morgan fingerprint density at radius 3 is 2.57 bits per heavy atom. The molecule has 8 heteroatoms. The summed E-state index contributed by atoms with van der Waals surface area (Å²) in [5, 5.41) is 12.1. The Morgan fingerprint density at radius 1 is 1.30 bits per heavy atom. The maximum Gasteiger partial charge on any atom is 0.306 e. The highest BCUT2D eigenvalue weighted by Crippen LogP contribution is 2.36. The highest BCUT2D eigenvalue weighted by atomic mass is 16.4. The minimum atomic E-state index is -0.830. The van der Waals surface area contributed by atoms with E-state index in [0.29, 0.717) is 18.7 Å². The van der Waals surface area contributed by atoms with Gasteiger partial charge in [0.1, 0.15) is 0 Å². The standard InChI is InChI=1S/C15H26BN3O4/c16-6-5-9-1-2-10(11(7-9)15(22)23)8-19-14(21)12(17)3-4-13(18)20/h9-12H,1-8,17H2,(H2,18,20)(H,19,21)(H,22,23)/t9-,10-,11-,12-/m0/s1. The number of hydrogen-bond acceptors (Lipinski definition) is 4. The van der Waals surface area contributed by atoms with E-state index >= 15 is 0 Å². The third-order valence-corrected chi connectivity index (χ3v) is 4.57. The first-order valence-electron chi connectivity index (χ1n) is 8.09. The minimum Gasteiger partial charge on any atom is -0.481 e. The van der Waals surface area contributed by atoms with Crippen LogP contribution in [-0.4, -0.2) is 43.3 Å². The van der Waals surface area contributed by atoms with Crippen molar-refractivity contribution in [3.05, 3.63) is 0 Å². The first-order valence-corrected chi connectivity index (χ1v) is 8.09. The number of carbonyl (C=O) groups is 3. The molecule has 1 fully saturated rings. The lowest BCUT2D eigenvalue weighted by Gasteiger charge is -2.34. The van der Waals surface area contributed by atoms with Gasteiger partial charge >= 0.3 is 5.97 Å². The summed E-state index contributed by atoms with van der Waals surface area (Å²) in [4.78, 5) is 34.0. The molecule has 1 rings (SSSR count). The highest BCUT2D eigenvalue weighted by molar-refractivity contribution is 6.08. The molecule has 0 bridgehead atoms. The van der Waals surface area contributed by atoms with Crippen LogP contribution in [0, 0.1) is 17.8 Å². The van der Waals surface area contributed by atoms with Gasteiger partial charge in [-0.25, -0.2) is 0 Å². The molecule has 2 radical (unpaired) electrons. The van der Waals surface area contributed by atoms with Gasteiger partial charge in [0, 0.05) is 13.0 Å². The van der Waals surface area contributed by atoms with Crippen molar-refractivity contribution < 1.29 is 19.5 Å². The highest BCUT2D eigenvalue weighted by Gasteiger charge is 2.35. The summed E-state index contributed by atoms with van der Waals surface area (Å²) >= 11 is 0. The zero-order valence-corrected chi connectivity index (χ0v) is 13.4. The Bertz CT molecular complexity index is 433. The first kappa shape index (κ1) is 19.5. The predicted octanol–water partition coefficient (Wildman–Crippen LogP) is -0.211. The summed E-state index contributed by atoms with van der Waals surface area (Å²) in [6, 6.07) is -0.806. The van der Waals surface area contributed by atoms with Gasteiger partial charge in [-0.2, -0.15) is 0 Å². The van der Waals surface area contributed by atoms with Crippen molar-refractivity contribution in [1.29, 1.82) is 0 Å². The second kappa shape index (κ2) is 9.55. The molecule has 1 saturated carbocycles. The Morgan fingerprint density at radius 2 is 2.00 bits per heavy atom. The summed E-state index contributed by atoms with van der Waals surface area (Å²) in [5.74, 6) is -1.94. The second-order valence-corrected chi connectivity index (χ2v) is 6.32. The number of rotatable bonds is 9. The van der Waals surface area contributed by atoms with Crippen LogP contribution < -0.4 is 16.8 Å². The zero-order valence-electron chi connectivity index (χ0n) is 13.4. The number of nitrogens with one attached hydrogen (secondary N) is 1. The van der Waals surface area contributed by atoms with Gasteiger partial charge in [-0.3, -0.25) is 14.4 Å². The van der Waals surface area contributed by atoms with Crippen molar-refractivity contribution in [1.82, 2.24) is 5.32 Å². The smallest absolute Gasteiger partial charge is 0.306 e. The molecule has 7 nitrogen and oxygen atoms in total. The molecule has 1 aliphatic carbocycles. The van der Waals surface area contributed by atoms with Crippen molar-refractivity contribution in [2.45, 2.75) is 50.9 Å². The predicted molar refractivity (Wildman–Crippen MR) is 86.5 cm³/mol. The summed E-state index contributed by atoms with van der Waals surface area (Å²) < 4.78 is 0. The first-order chi connectivity index (χ1) is 10.8. The molecular weight excluding hydrogens is 297 g/mol. The number of carbonyl (C=O) groups excluding carboxylic acids is 2. The number of amides is 2. The van der Waals surface area contributed by atoms with Crippen LogP contribution in [0.4, 0.5) is 0 Å². The third kappa shape index (κ3) is 6.60. The van der Waals surface area contributed by atoms with Crippen molar-refractivity contribution in [3.63, 3.8) is 0 Å². The monoisotopic (exact) mass is 323 g/mol. The number of primary amides is 1. The van der Waals surface area contributed by atoms with E-state index in [9.17, 15) is 19.5 Å². The number of hydrogen-bond donors (Lipinski definition) is 4. The van der Waals surface area contributed by atoms with Crippen LogP contribution in [0.25, 0.3) is 0 Å². The average molecular weight is 323 g/mol. The van der Waals surface area contributed by atoms with Crippen molar-refractivity contribution in [2.24, 2.45) is 29.2 Å². The summed E-state index contributed by atoms with van der Waals surface area (Å²) in [6.07, 6.45) is 3.91. The zero-order chi connectivity index (χ0) is 17.4. The van der Waals surface area contributed by atoms with Crippen molar-refractivity contribution in [2.75, 3.05) is 6.54 Å². The molecule has 0 heterocycles. The molecule has 0 aromatic rings. The SMILES string of the molecule is [B]CC[C@@H]1CC[C@@H](CNC(=O)[C@@H](N)CCC(N)=O)[C@@H](C(=O)O)C1. The lowest BCUT2D eigenvalue weighted by atomic mass is 9.71. The van der Waals surface area contributed by atoms with Crippen molar-refractivity contribution >= 4 is 25.6 Å². The molecular formula is C15H26BN3O4. The Kier molecular flexibility index (Phi) is 8.09. The molecule has 4 atom stereocenters. The number of carboxylic acids is 1. The van der Waals surface area contributed by atoms with Gasteiger partial charge in [0.05, 0.1) is 19.8 Å². The summed E-state index contributed by atoms with van der Waals surface area (Å²) in [6.45, 7) is 0.287. The van der Waals surface area contributed by atoms with E-state index in [1.807, 2.05) is 0 Å². The van der Waals surface area contributed by atoms with Gasteiger partial charge in [-0.1, -0.05) is 19.2 Å². The van der Waals surface area contributed by atoms with E-state index < -0.39 is 23.8 Å². The molecule has 0 aromatic carbocycles. The van der Waals surface area contributed by atoms with Crippen LogP contribution in [-0.2, 0) is 14.4 Å². The van der Waals surface area contributed by atoms with E-state index in [4.69, 9.17) is 19.3 Å². The van der Waals surface area contributed by atoms with Gasteiger partial charge in [-0.05, 0) is 31.1 Å². The summed E-state index contributed by atoms with van der Waals surface area (Å²) in [7, 11) is 5.55. The number of nitrogens with two attached hydrogens (primary N) is 2. The van der Waals surface area contributed by atoms with Gasteiger partial charge in [-0.15, -0.1) is 0 Å². The van der Waals surface area contributed by atoms with Gasteiger partial charge < -0.3 is 21.9 Å². The molecule has 0 spiro atoms. The fourth-order valence-corrected chi connectivity index (χ4v) is 3.16. The topological polar surface area (TPSA) is 136 Å². The maximum atomic E-state index is 11.9. The van der Waals surface area contributed by atoms with E-state index in [-0.39, 0.29) is 31.2 Å².